The number of nitrogens with zero attached hydrogens (tertiary/aromatic N) is 1. The maximum atomic E-state index is 11.7. The van der Waals surface area contributed by atoms with Crippen LogP contribution in [0.1, 0.15) is 17.5 Å². The number of benzene rings is 1. The van der Waals surface area contributed by atoms with Crippen molar-refractivity contribution in [3.8, 4) is 5.75 Å². The zero-order chi connectivity index (χ0) is 11.7. The average Bonchev–Trinajstić information content (AvgIpc) is 2.70. The number of carbonyl (C=O) groups excluding carboxylic acids is 1. The van der Waals surface area contributed by atoms with Gasteiger partial charge >= 0.3 is 0 Å². The summed E-state index contributed by atoms with van der Waals surface area (Å²) in [5, 5.41) is 0. The number of aromatic nitrogens is 2. The van der Waals surface area contributed by atoms with Crippen molar-refractivity contribution >= 4 is 16.8 Å². The van der Waals surface area contributed by atoms with E-state index >= 15 is 0 Å². The van der Waals surface area contributed by atoms with Crippen molar-refractivity contribution in [2.75, 3.05) is 7.11 Å². The molecule has 84 valence electrons. The quantitative estimate of drug-likeness (QED) is 0.757. The van der Waals surface area contributed by atoms with Crippen molar-refractivity contribution in [2.24, 2.45) is 5.73 Å². The third-order valence-corrected chi connectivity index (χ3v) is 2.34. The molecule has 1 aromatic carbocycles. The predicted molar refractivity (Wildman–Crippen MR) is 60.6 cm³/mol. The summed E-state index contributed by atoms with van der Waals surface area (Å²) in [4.78, 5) is 18.8. The Bertz CT molecular complexity index is 531. The number of hydrogen-bond acceptors (Lipinski definition) is 4. The van der Waals surface area contributed by atoms with Gasteiger partial charge in [-0.05, 0) is 19.1 Å². The maximum absolute atomic E-state index is 11.7. The van der Waals surface area contributed by atoms with Gasteiger partial charge in [-0.1, -0.05) is 6.07 Å². The predicted octanol–water partition coefficient (Wildman–Crippen LogP) is 1.10. The van der Waals surface area contributed by atoms with Crippen LogP contribution in [-0.4, -0.2) is 28.9 Å². The van der Waals surface area contributed by atoms with E-state index in [1.54, 1.807) is 20.1 Å². The van der Waals surface area contributed by atoms with Crippen LogP contribution in [0, 0.1) is 0 Å². The molecule has 0 saturated heterocycles. The van der Waals surface area contributed by atoms with Crippen molar-refractivity contribution in [1.82, 2.24) is 9.97 Å². The number of Topliss-reactive ketones (excluding diaryl/α,β-unsaturated/α-hetero) is 1. The van der Waals surface area contributed by atoms with Gasteiger partial charge in [0.2, 0.25) is 5.78 Å². The zero-order valence-electron chi connectivity index (χ0n) is 9.15. The number of hydrogen-bond donors (Lipinski definition) is 2. The number of imidazole rings is 1. The minimum absolute atomic E-state index is 0.210. The molecule has 0 aliphatic carbocycles. The summed E-state index contributed by atoms with van der Waals surface area (Å²) in [6, 6.07) is 4.90. The van der Waals surface area contributed by atoms with Gasteiger partial charge in [-0.2, -0.15) is 0 Å². The molecule has 0 radical (unpaired) electrons. The van der Waals surface area contributed by atoms with Crippen molar-refractivity contribution < 1.29 is 9.53 Å². The topological polar surface area (TPSA) is 81.0 Å². The second kappa shape index (κ2) is 3.94. The maximum Gasteiger partial charge on any atom is 0.214 e. The number of rotatable bonds is 3. The lowest BCUT2D eigenvalue weighted by Gasteiger charge is -1.98. The third-order valence-electron chi connectivity index (χ3n) is 2.34. The molecule has 3 N–H and O–H groups in total. The first kappa shape index (κ1) is 10.6. The molecule has 1 heterocycles. The largest absolute Gasteiger partial charge is 0.494 e. The summed E-state index contributed by atoms with van der Waals surface area (Å²) in [6.45, 7) is 1.63. The zero-order valence-corrected chi connectivity index (χ0v) is 9.15. The molecular weight excluding hydrogens is 206 g/mol. The number of para-hydroxylation sites is 1. The van der Waals surface area contributed by atoms with Crippen molar-refractivity contribution in [3.05, 3.63) is 24.0 Å². The summed E-state index contributed by atoms with van der Waals surface area (Å²) < 4.78 is 5.16. The van der Waals surface area contributed by atoms with E-state index in [0.717, 1.165) is 5.52 Å². The molecule has 5 heteroatoms. The first-order valence-electron chi connectivity index (χ1n) is 4.96. The Morgan fingerprint density at radius 1 is 1.56 bits per heavy atom. The first-order chi connectivity index (χ1) is 7.63. The molecule has 16 heavy (non-hydrogen) atoms. The summed E-state index contributed by atoms with van der Waals surface area (Å²) >= 11 is 0. The highest BCUT2D eigenvalue weighted by atomic mass is 16.5. The molecule has 0 saturated carbocycles. The highest BCUT2D eigenvalue weighted by Gasteiger charge is 2.16. The van der Waals surface area contributed by atoms with Gasteiger partial charge in [-0.3, -0.25) is 4.79 Å². The number of ketones is 1. The Morgan fingerprint density at radius 3 is 2.94 bits per heavy atom. The Kier molecular flexibility index (Phi) is 2.62. The van der Waals surface area contributed by atoms with Gasteiger partial charge in [0, 0.05) is 0 Å². The molecule has 0 fully saturated rings. The van der Waals surface area contributed by atoms with Gasteiger partial charge in [0.25, 0.3) is 0 Å². The van der Waals surface area contributed by atoms with E-state index in [1.807, 2.05) is 12.1 Å². The number of aromatic amines is 1. The molecule has 1 unspecified atom stereocenters. The fourth-order valence-corrected chi connectivity index (χ4v) is 1.50. The molecule has 0 spiro atoms. The number of ether oxygens (including phenoxy) is 1. The minimum atomic E-state index is -0.563. The molecule has 0 bridgehead atoms. The van der Waals surface area contributed by atoms with Crippen molar-refractivity contribution in [3.63, 3.8) is 0 Å². The monoisotopic (exact) mass is 219 g/mol. The second-order valence-corrected chi connectivity index (χ2v) is 3.59. The molecule has 0 aliphatic heterocycles. The van der Waals surface area contributed by atoms with Crippen molar-refractivity contribution in [1.29, 1.82) is 0 Å². The Labute approximate surface area is 92.6 Å². The summed E-state index contributed by atoms with van der Waals surface area (Å²) in [5.41, 5.74) is 6.93. The molecule has 1 aromatic heterocycles. The standard InChI is InChI=1S/C11H13N3O2/c1-6(12)10(15)11-13-7-4-3-5-8(16-2)9(7)14-11/h3-6H,12H2,1-2H3,(H,13,14). The van der Waals surface area contributed by atoms with Gasteiger partial charge in [-0.25, -0.2) is 4.98 Å². The van der Waals surface area contributed by atoms with E-state index in [0.29, 0.717) is 11.3 Å². The number of H-pyrrole nitrogens is 1. The second-order valence-electron chi connectivity index (χ2n) is 3.59. The Balaban J connectivity index is 2.56. The van der Waals surface area contributed by atoms with E-state index in [9.17, 15) is 4.79 Å². The fourth-order valence-electron chi connectivity index (χ4n) is 1.50. The molecule has 0 aliphatic rings. The van der Waals surface area contributed by atoms with Crippen LogP contribution in [0.2, 0.25) is 0 Å². The van der Waals surface area contributed by atoms with Gasteiger partial charge in [0.15, 0.2) is 5.82 Å². The summed E-state index contributed by atoms with van der Waals surface area (Å²) in [6.07, 6.45) is 0. The van der Waals surface area contributed by atoms with Crippen molar-refractivity contribution in [2.45, 2.75) is 13.0 Å². The van der Waals surface area contributed by atoms with E-state index in [1.165, 1.54) is 0 Å². The van der Waals surface area contributed by atoms with Gasteiger partial charge in [-0.15, -0.1) is 0 Å². The lowest BCUT2D eigenvalue weighted by molar-refractivity contribution is 0.0959. The lowest BCUT2D eigenvalue weighted by atomic mass is 10.2. The number of methoxy groups -OCH3 is 1. The molecule has 2 aromatic rings. The Morgan fingerprint density at radius 2 is 2.31 bits per heavy atom. The van der Waals surface area contributed by atoms with Crippen LogP contribution in [0.25, 0.3) is 11.0 Å². The van der Waals surface area contributed by atoms with Gasteiger partial charge < -0.3 is 15.5 Å². The van der Waals surface area contributed by atoms with Crippen LogP contribution in [0.3, 0.4) is 0 Å². The number of nitrogens with two attached hydrogens (primary N) is 1. The number of nitrogens with one attached hydrogen (secondary N) is 1. The number of fused-ring (bicyclic) bond motifs is 1. The Hall–Kier alpha value is -1.88. The van der Waals surface area contributed by atoms with E-state index in [-0.39, 0.29) is 11.6 Å². The third kappa shape index (κ3) is 1.65. The molecule has 2 rings (SSSR count). The average molecular weight is 219 g/mol. The molecule has 1 atom stereocenters. The fraction of sp³-hybridized carbons (Fsp3) is 0.273. The van der Waals surface area contributed by atoms with Gasteiger partial charge in [0.05, 0.1) is 18.7 Å². The van der Waals surface area contributed by atoms with Crippen LogP contribution >= 0.6 is 0 Å². The lowest BCUT2D eigenvalue weighted by Crippen LogP contribution is -2.27. The highest BCUT2D eigenvalue weighted by Crippen LogP contribution is 2.23. The summed E-state index contributed by atoms with van der Waals surface area (Å²) in [5.74, 6) is 0.699. The molecule has 0 amide bonds. The van der Waals surface area contributed by atoms with Crippen LogP contribution in [0.5, 0.6) is 5.75 Å². The normalized spacial score (nSPS) is 12.7. The van der Waals surface area contributed by atoms with Crippen LogP contribution in [0.15, 0.2) is 18.2 Å². The van der Waals surface area contributed by atoms with Gasteiger partial charge in [0.1, 0.15) is 11.3 Å². The van der Waals surface area contributed by atoms with Crippen LogP contribution in [-0.2, 0) is 0 Å². The highest BCUT2D eigenvalue weighted by molar-refractivity contribution is 5.99. The van der Waals surface area contributed by atoms with E-state index < -0.39 is 6.04 Å². The SMILES string of the molecule is COc1cccc2[nH]c(C(=O)C(C)N)nc12. The summed E-state index contributed by atoms with van der Waals surface area (Å²) in [7, 11) is 1.57. The first-order valence-corrected chi connectivity index (χ1v) is 4.96. The minimum Gasteiger partial charge on any atom is -0.494 e. The number of carbonyl (C=O) groups is 1. The van der Waals surface area contributed by atoms with E-state index in [4.69, 9.17) is 10.5 Å². The smallest absolute Gasteiger partial charge is 0.214 e. The van der Waals surface area contributed by atoms with Crippen LogP contribution in [0.4, 0.5) is 0 Å². The van der Waals surface area contributed by atoms with E-state index in [2.05, 4.69) is 9.97 Å². The molecular formula is C11H13N3O2. The molecule has 5 nitrogen and oxygen atoms in total. The van der Waals surface area contributed by atoms with Crippen LogP contribution < -0.4 is 10.5 Å².